The summed E-state index contributed by atoms with van der Waals surface area (Å²) >= 11 is 0. The van der Waals surface area contributed by atoms with E-state index in [0.29, 0.717) is 6.07 Å². The fourth-order valence-electron chi connectivity index (χ4n) is 1.16. The van der Waals surface area contributed by atoms with Gasteiger partial charge in [0.2, 0.25) is 0 Å². The van der Waals surface area contributed by atoms with Gasteiger partial charge in [-0.25, -0.2) is 18.3 Å². The van der Waals surface area contributed by atoms with Crippen molar-refractivity contribution < 1.29 is 18.7 Å². The van der Waals surface area contributed by atoms with E-state index < -0.39 is 17.6 Å². The molecule has 0 atom stereocenters. The summed E-state index contributed by atoms with van der Waals surface area (Å²) in [7, 11) is 0. The highest BCUT2D eigenvalue weighted by atomic mass is 19.1. The van der Waals surface area contributed by atoms with Gasteiger partial charge in [-0.3, -0.25) is 0 Å². The summed E-state index contributed by atoms with van der Waals surface area (Å²) in [4.78, 5) is 10.5. The maximum atomic E-state index is 12.9. The minimum atomic E-state index is -1.26. The molecule has 7 heteroatoms. The normalized spacial score (nSPS) is 10.4. The van der Waals surface area contributed by atoms with E-state index in [0.717, 1.165) is 23.0 Å². The average molecular weight is 225 g/mol. The average Bonchev–Trinajstić information content (AvgIpc) is 2.64. The van der Waals surface area contributed by atoms with E-state index in [9.17, 15) is 13.6 Å². The predicted octanol–water partition coefficient (Wildman–Crippen LogP) is 1.24. The van der Waals surface area contributed by atoms with Crippen LogP contribution in [0.25, 0.3) is 5.69 Å². The number of aromatic nitrogens is 3. The van der Waals surface area contributed by atoms with Crippen LogP contribution in [0.2, 0.25) is 0 Å². The number of rotatable bonds is 2. The molecule has 2 aromatic rings. The molecule has 0 unspecified atom stereocenters. The molecular weight excluding hydrogens is 220 g/mol. The second kappa shape index (κ2) is 3.69. The smallest absolute Gasteiger partial charge is 0.358 e. The summed E-state index contributed by atoms with van der Waals surface area (Å²) in [6, 6.07) is 2.74. The zero-order valence-electron chi connectivity index (χ0n) is 7.76. The molecule has 0 saturated heterocycles. The standard InChI is InChI=1S/C9H5F2N3O2/c10-5-1-6(11)3-7(2-5)14-4-8(9(15)16)12-13-14/h1-4H,(H,15,16). The lowest BCUT2D eigenvalue weighted by atomic mass is 10.3. The van der Waals surface area contributed by atoms with Crippen molar-refractivity contribution in [3.63, 3.8) is 0 Å². The maximum absolute atomic E-state index is 12.9. The Kier molecular flexibility index (Phi) is 2.35. The van der Waals surface area contributed by atoms with Crippen LogP contribution in [0.4, 0.5) is 8.78 Å². The number of hydrogen-bond donors (Lipinski definition) is 1. The Morgan fingerprint density at radius 2 is 1.88 bits per heavy atom. The van der Waals surface area contributed by atoms with Gasteiger partial charge in [0.15, 0.2) is 5.69 Å². The van der Waals surface area contributed by atoms with Crippen molar-refractivity contribution in [2.24, 2.45) is 0 Å². The molecule has 0 spiro atoms. The number of carbonyl (C=O) groups is 1. The Balaban J connectivity index is 2.46. The number of carboxylic acids is 1. The van der Waals surface area contributed by atoms with Gasteiger partial charge < -0.3 is 5.11 Å². The molecule has 0 aliphatic rings. The molecule has 1 aromatic carbocycles. The van der Waals surface area contributed by atoms with Gasteiger partial charge in [0, 0.05) is 6.07 Å². The number of hydrogen-bond acceptors (Lipinski definition) is 3. The van der Waals surface area contributed by atoms with Gasteiger partial charge in [0.25, 0.3) is 0 Å². The van der Waals surface area contributed by atoms with Crippen LogP contribution < -0.4 is 0 Å². The quantitative estimate of drug-likeness (QED) is 0.834. The van der Waals surface area contributed by atoms with Crippen LogP contribution in [0.3, 0.4) is 0 Å². The van der Waals surface area contributed by atoms with Crippen LogP contribution in [0.15, 0.2) is 24.4 Å². The molecule has 82 valence electrons. The lowest BCUT2D eigenvalue weighted by molar-refractivity contribution is 0.0690. The second-order valence-corrected chi connectivity index (χ2v) is 2.98. The van der Waals surface area contributed by atoms with Crippen LogP contribution in [0.1, 0.15) is 10.5 Å². The van der Waals surface area contributed by atoms with E-state index in [1.807, 2.05) is 0 Å². The fraction of sp³-hybridized carbons (Fsp3) is 0. The van der Waals surface area contributed by atoms with Gasteiger partial charge in [-0.05, 0) is 12.1 Å². The number of benzene rings is 1. The molecule has 16 heavy (non-hydrogen) atoms. The Hall–Kier alpha value is -2.31. The van der Waals surface area contributed by atoms with Crippen LogP contribution in [-0.4, -0.2) is 26.1 Å². The topological polar surface area (TPSA) is 68.0 Å². The van der Waals surface area contributed by atoms with Gasteiger partial charge in [0.1, 0.15) is 11.6 Å². The molecule has 1 heterocycles. The van der Waals surface area contributed by atoms with Crippen molar-refractivity contribution in [1.82, 2.24) is 15.0 Å². The van der Waals surface area contributed by atoms with Crippen molar-refractivity contribution >= 4 is 5.97 Å². The molecule has 0 amide bonds. The molecule has 0 aliphatic carbocycles. The lowest BCUT2D eigenvalue weighted by Gasteiger charge is -1.99. The predicted molar refractivity (Wildman–Crippen MR) is 48.2 cm³/mol. The first-order valence-corrected chi connectivity index (χ1v) is 4.18. The molecule has 0 saturated carbocycles. The maximum Gasteiger partial charge on any atom is 0.358 e. The molecule has 0 radical (unpaired) electrons. The van der Waals surface area contributed by atoms with Crippen molar-refractivity contribution in [3.05, 3.63) is 41.7 Å². The van der Waals surface area contributed by atoms with E-state index in [-0.39, 0.29) is 11.4 Å². The summed E-state index contributed by atoms with van der Waals surface area (Å²) in [5.41, 5.74) is -0.234. The highest BCUT2D eigenvalue weighted by Crippen LogP contribution is 2.11. The summed E-state index contributed by atoms with van der Waals surface area (Å²) in [6.07, 6.45) is 1.07. The van der Waals surface area contributed by atoms with Gasteiger partial charge in [-0.15, -0.1) is 5.10 Å². The molecule has 0 bridgehead atoms. The minimum Gasteiger partial charge on any atom is -0.476 e. The molecule has 5 nitrogen and oxygen atoms in total. The highest BCUT2D eigenvalue weighted by molar-refractivity contribution is 5.84. The first-order valence-electron chi connectivity index (χ1n) is 4.18. The zero-order chi connectivity index (χ0) is 11.7. The highest BCUT2D eigenvalue weighted by Gasteiger charge is 2.10. The monoisotopic (exact) mass is 225 g/mol. The van der Waals surface area contributed by atoms with Gasteiger partial charge in [-0.2, -0.15) is 0 Å². The Bertz CT molecular complexity index is 533. The summed E-state index contributed by atoms with van der Waals surface area (Å²) in [6.45, 7) is 0. The minimum absolute atomic E-state index is 0.0671. The molecular formula is C9H5F2N3O2. The van der Waals surface area contributed by atoms with Crippen molar-refractivity contribution in [3.8, 4) is 5.69 Å². The van der Waals surface area contributed by atoms with Crippen molar-refractivity contribution in [2.45, 2.75) is 0 Å². The Morgan fingerprint density at radius 3 is 2.38 bits per heavy atom. The van der Waals surface area contributed by atoms with Gasteiger partial charge in [0.05, 0.1) is 11.9 Å². The summed E-state index contributed by atoms with van der Waals surface area (Å²) in [5.74, 6) is -2.81. The molecule has 0 aliphatic heterocycles. The van der Waals surface area contributed by atoms with E-state index in [1.165, 1.54) is 0 Å². The van der Waals surface area contributed by atoms with E-state index in [2.05, 4.69) is 10.3 Å². The molecule has 2 rings (SSSR count). The lowest BCUT2D eigenvalue weighted by Crippen LogP contribution is -1.97. The SMILES string of the molecule is O=C(O)c1cn(-c2cc(F)cc(F)c2)nn1. The summed E-state index contributed by atoms with van der Waals surface area (Å²) < 4.78 is 26.7. The van der Waals surface area contributed by atoms with Gasteiger partial charge in [-0.1, -0.05) is 5.21 Å². The first-order chi connectivity index (χ1) is 7.56. The van der Waals surface area contributed by atoms with Crippen molar-refractivity contribution in [2.75, 3.05) is 0 Å². The molecule has 1 N–H and O–H groups in total. The third kappa shape index (κ3) is 1.88. The van der Waals surface area contributed by atoms with Crippen LogP contribution in [-0.2, 0) is 0 Å². The number of halogens is 2. The molecule has 1 aromatic heterocycles. The van der Waals surface area contributed by atoms with E-state index in [1.54, 1.807) is 0 Å². The van der Waals surface area contributed by atoms with Crippen LogP contribution in [0, 0.1) is 11.6 Å². The van der Waals surface area contributed by atoms with E-state index >= 15 is 0 Å². The third-order valence-corrected chi connectivity index (χ3v) is 1.82. The Labute approximate surface area is 87.9 Å². The second-order valence-electron chi connectivity index (χ2n) is 2.98. The zero-order valence-corrected chi connectivity index (χ0v) is 7.76. The van der Waals surface area contributed by atoms with Crippen LogP contribution >= 0.6 is 0 Å². The number of nitrogens with zero attached hydrogens (tertiary/aromatic N) is 3. The van der Waals surface area contributed by atoms with Gasteiger partial charge >= 0.3 is 5.97 Å². The third-order valence-electron chi connectivity index (χ3n) is 1.82. The first kappa shape index (κ1) is 10.2. The Morgan fingerprint density at radius 1 is 1.25 bits per heavy atom. The number of carboxylic acid groups (broad SMARTS) is 1. The largest absolute Gasteiger partial charge is 0.476 e. The molecule has 0 fully saturated rings. The fourth-order valence-corrected chi connectivity index (χ4v) is 1.16. The van der Waals surface area contributed by atoms with E-state index in [4.69, 9.17) is 5.11 Å². The van der Waals surface area contributed by atoms with Crippen molar-refractivity contribution in [1.29, 1.82) is 0 Å². The number of aromatic carboxylic acids is 1. The van der Waals surface area contributed by atoms with Crippen LogP contribution in [0.5, 0.6) is 0 Å². The summed E-state index contributed by atoms with van der Waals surface area (Å²) in [5, 5.41) is 15.4.